The van der Waals surface area contributed by atoms with Crippen LogP contribution in [-0.4, -0.2) is 18.0 Å². The van der Waals surface area contributed by atoms with Gasteiger partial charge in [0.25, 0.3) is 0 Å². The molecular weight excluding hydrogens is 138 g/mol. The van der Waals surface area contributed by atoms with Crippen LogP contribution >= 0.6 is 0 Å². The minimum Gasteiger partial charge on any atom is -0.293 e. The molecule has 0 amide bonds. The van der Waals surface area contributed by atoms with Crippen molar-refractivity contribution in [1.82, 2.24) is 0 Å². The Hall–Kier alpha value is -0.920. The summed E-state index contributed by atoms with van der Waals surface area (Å²) in [6, 6.07) is 0. The Balaban J connectivity index is 2.83. The monoisotopic (exact) mass is 151 g/mol. The van der Waals surface area contributed by atoms with E-state index in [2.05, 4.69) is 18.0 Å². The molecule has 0 spiro atoms. The molecule has 60 valence electrons. The minimum absolute atomic E-state index is 0.0952. The predicted molar refractivity (Wildman–Crippen MR) is 46.0 cm³/mol. The van der Waals surface area contributed by atoms with Crippen LogP contribution in [0.2, 0.25) is 0 Å². The molecule has 1 rings (SSSR count). The second-order valence-corrected chi connectivity index (χ2v) is 2.66. The van der Waals surface area contributed by atoms with Crippen LogP contribution in [0.15, 0.2) is 16.6 Å². The molecule has 0 aromatic heterocycles. The van der Waals surface area contributed by atoms with Gasteiger partial charge in [0.2, 0.25) is 0 Å². The van der Waals surface area contributed by atoms with E-state index in [1.54, 1.807) is 6.92 Å². The van der Waals surface area contributed by atoms with Crippen molar-refractivity contribution in [3.05, 3.63) is 11.6 Å². The smallest absolute Gasteiger partial charge is 0.177 e. The largest absolute Gasteiger partial charge is 0.293 e. The fourth-order valence-corrected chi connectivity index (χ4v) is 1.26. The molecule has 0 radical (unpaired) electrons. The summed E-state index contributed by atoms with van der Waals surface area (Å²) in [5.74, 6) is 0.0952. The Labute approximate surface area is 67.0 Å². The lowest BCUT2D eigenvalue weighted by molar-refractivity contribution is -0.111. The average molecular weight is 151 g/mol. The van der Waals surface area contributed by atoms with Crippen LogP contribution in [0.5, 0.6) is 0 Å². The SMILES string of the molecule is CCC1=CCCN=C1C(C)=O. The summed E-state index contributed by atoms with van der Waals surface area (Å²) in [7, 11) is 0. The first-order valence-electron chi connectivity index (χ1n) is 4.00. The first-order valence-corrected chi connectivity index (χ1v) is 4.00. The van der Waals surface area contributed by atoms with Gasteiger partial charge in [-0.25, -0.2) is 0 Å². The van der Waals surface area contributed by atoms with E-state index in [0.29, 0.717) is 5.71 Å². The Kier molecular flexibility index (Phi) is 2.58. The van der Waals surface area contributed by atoms with Crippen molar-refractivity contribution in [3.8, 4) is 0 Å². The van der Waals surface area contributed by atoms with E-state index in [1.165, 1.54) is 0 Å². The highest BCUT2D eigenvalue weighted by Crippen LogP contribution is 2.11. The summed E-state index contributed by atoms with van der Waals surface area (Å²) in [5, 5.41) is 0. The Morgan fingerprint density at radius 1 is 1.73 bits per heavy atom. The van der Waals surface area contributed by atoms with Crippen molar-refractivity contribution >= 4 is 11.5 Å². The number of carbonyl (C=O) groups excluding carboxylic acids is 1. The van der Waals surface area contributed by atoms with Crippen LogP contribution < -0.4 is 0 Å². The first-order chi connectivity index (χ1) is 5.25. The van der Waals surface area contributed by atoms with Crippen molar-refractivity contribution in [2.24, 2.45) is 4.99 Å². The van der Waals surface area contributed by atoms with E-state index < -0.39 is 0 Å². The van der Waals surface area contributed by atoms with Crippen molar-refractivity contribution in [3.63, 3.8) is 0 Å². The maximum absolute atomic E-state index is 11.0. The zero-order valence-corrected chi connectivity index (χ0v) is 7.05. The highest BCUT2D eigenvalue weighted by atomic mass is 16.1. The zero-order valence-electron chi connectivity index (χ0n) is 7.05. The third kappa shape index (κ3) is 1.76. The second kappa shape index (κ2) is 3.46. The number of allylic oxidation sites excluding steroid dienone is 1. The van der Waals surface area contributed by atoms with Gasteiger partial charge in [0.05, 0.1) is 0 Å². The van der Waals surface area contributed by atoms with Crippen LogP contribution in [0.25, 0.3) is 0 Å². The number of nitrogens with zero attached hydrogens (tertiary/aromatic N) is 1. The molecule has 0 atom stereocenters. The van der Waals surface area contributed by atoms with Crippen molar-refractivity contribution in [1.29, 1.82) is 0 Å². The van der Waals surface area contributed by atoms with Crippen molar-refractivity contribution in [2.45, 2.75) is 26.7 Å². The standard InChI is InChI=1S/C9H13NO/c1-3-8-5-4-6-10-9(8)7(2)11/h5H,3-4,6H2,1-2H3. The predicted octanol–water partition coefficient (Wildman–Crippen LogP) is 1.76. The molecule has 0 fully saturated rings. The van der Waals surface area contributed by atoms with Crippen LogP contribution in [0.3, 0.4) is 0 Å². The van der Waals surface area contributed by atoms with Crippen LogP contribution in [0, 0.1) is 0 Å². The molecule has 0 aliphatic carbocycles. The molecule has 2 heteroatoms. The second-order valence-electron chi connectivity index (χ2n) is 2.66. The van der Waals surface area contributed by atoms with Gasteiger partial charge in [0.1, 0.15) is 5.71 Å². The molecule has 1 aliphatic rings. The number of hydrogen-bond donors (Lipinski definition) is 0. The normalized spacial score (nSPS) is 17.3. The van der Waals surface area contributed by atoms with Crippen molar-refractivity contribution < 1.29 is 4.79 Å². The number of rotatable bonds is 2. The van der Waals surface area contributed by atoms with E-state index in [1.807, 2.05) is 0 Å². The van der Waals surface area contributed by atoms with E-state index in [4.69, 9.17) is 0 Å². The molecule has 1 aliphatic heterocycles. The van der Waals surface area contributed by atoms with Crippen LogP contribution in [0.4, 0.5) is 0 Å². The number of carbonyl (C=O) groups is 1. The number of dihydropyridines is 1. The molecular formula is C9H13NO. The molecule has 0 saturated heterocycles. The zero-order chi connectivity index (χ0) is 8.27. The van der Waals surface area contributed by atoms with E-state index >= 15 is 0 Å². The summed E-state index contributed by atoms with van der Waals surface area (Å²) in [5.41, 5.74) is 1.81. The molecule has 2 nitrogen and oxygen atoms in total. The van der Waals surface area contributed by atoms with Gasteiger partial charge in [-0.15, -0.1) is 0 Å². The van der Waals surface area contributed by atoms with Crippen molar-refractivity contribution in [2.75, 3.05) is 6.54 Å². The Morgan fingerprint density at radius 3 is 2.91 bits per heavy atom. The summed E-state index contributed by atoms with van der Waals surface area (Å²) in [4.78, 5) is 15.2. The van der Waals surface area contributed by atoms with Gasteiger partial charge >= 0.3 is 0 Å². The first kappa shape index (κ1) is 8.18. The molecule has 0 N–H and O–H groups in total. The van der Waals surface area contributed by atoms with Gasteiger partial charge in [-0.2, -0.15) is 0 Å². The molecule has 0 bridgehead atoms. The summed E-state index contributed by atoms with van der Waals surface area (Å²) >= 11 is 0. The molecule has 0 saturated carbocycles. The maximum atomic E-state index is 11.0. The lowest BCUT2D eigenvalue weighted by atomic mass is 10.0. The van der Waals surface area contributed by atoms with E-state index in [-0.39, 0.29) is 5.78 Å². The van der Waals surface area contributed by atoms with Gasteiger partial charge in [-0.1, -0.05) is 13.0 Å². The fourth-order valence-electron chi connectivity index (χ4n) is 1.26. The van der Waals surface area contributed by atoms with Crippen LogP contribution in [-0.2, 0) is 4.79 Å². The number of aliphatic imine (C=N–C) groups is 1. The Morgan fingerprint density at radius 2 is 2.45 bits per heavy atom. The highest BCUT2D eigenvalue weighted by molar-refractivity contribution is 6.45. The Bertz CT molecular complexity index is 226. The van der Waals surface area contributed by atoms with Gasteiger partial charge in [-0.05, 0) is 18.4 Å². The molecule has 0 unspecified atom stereocenters. The third-order valence-electron chi connectivity index (χ3n) is 1.81. The van der Waals surface area contributed by atoms with E-state index in [0.717, 1.165) is 25.0 Å². The van der Waals surface area contributed by atoms with Gasteiger partial charge in [-0.3, -0.25) is 9.79 Å². The number of ketones is 1. The number of Topliss-reactive ketones (excluding diaryl/α,β-unsaturated/α-hetero) is 1. The molecule has 0 aromatic rings. The summed E-state index contributed by atoms with van der Waals surface area (Å²) < 4.78 is 0. The quantitative estimate of drug-likeness (QED) is 0.591. The van der Waals surface area contributed by atoms with Gasteiger partial charge < -0.3 is 0 Å². The average Bonchev–Trinajstić information content (AvgIpc) is 2.04. The van der Waals surface area contributed by atoms with E-state index in [9.17, 15) is 4.79 Å². The molecule has 1 heterocycles. The van der Waals surface area contributed by atoms with Gasteiger partial charge in [0, 0.05) is 13.5 Å². The van der Waals surface area contributed by atoms with Gasteiger partial charge in [0.15, 0.2) is 5.78 Å². The maximum Gasteiger partial charge on any atom is 0.177 e. The van der Waals surface area contributed by atoms with Crippen LogP contribution in [0.1, 0.15) is 26.7 Å². The minimum atomic E-state index is 0.0952. The third-order valence-corrected chi connectivity index (χ3v) is 1.81. The molecule has 11 heavy (non-hydrogen) atoms. The topological polar surface area (TPSA) is 29.4 Å². The lowest BCUT2D eigenvalue weighted by Gasteiger charge is -2.10. The highest BCUT2D eigenvalue weighted by Gasteiger charge is 2.12. The molecule has 0 aromatic carbocycles. The fraction of sp³-hybridized carbons (Fsp3) is 0.556. The summed E-state index contributed by atoms with van der Waals surface area (Å²) in [6.07, 6.45) is 4.02. The number of hydrogen-bond acceptors (Lipinski definition) is 2. The summed E-state index contributed by atoms with van der Waals surface area (Å²) in [6.45, 7) is 4.40. The lowest BCUT2D eigenvalue weighted by Crippen LogP contribution is -2.16.